The molecular weight excluding hydrogens is 325 g/mol. The molecule has 2 heterocycles. The molecule has 1 aromatic carbocycles. The zero-order valence-electron chi connectivity index (χ0n) is 16.0. The van der Waals surface area contributed by atoms with Crippen molar-refractivity contribution in [2.75, 3.05) is 13.2 Å². The maximum absolute atomic E-state index is 13.3. The van der Waals surface area contributed by atoms with Crippen LogP contribution in [-0.4, -0.2) is 30.4 Å². The van der Waals surface area contributed by atoms with E-state index in [1.165, 1.54) is 0 Å². The van der Waals surface area contributed by atoms with Gasteiger partial charge in [-0.05, 0) is 50.3 Å². The van der Waals surface area contributed by atoms with E-state index in [1.807, 2.05) is 32.9 Å². The number of amides is 1. The normalized spacial score (nSPS) is 23.4. The molecule has 1 aromatic rings. The first-order valence-electron chi connectivity index (χ1n) is 8.96. The topological polar surface area (TPSA) is 70.6 Å². The van der Waals surface area contributed by atoms with Gasteiger partial charge in [0.25, 0.3) is 5.91 Å². The molecule has 0 aromatic heterocycles. The number of ether oxygens (including phenoxy) is 2. The summed E-state index contributed by atoms with van der Waals surface area (Å²) in [7, 11) is 0. The smallest absolute Gasteiger partial charge is 0.873 e. The Hall–Kier alpha value is -1.25. The molecule has 1 amide bonds. The van der Waals surface area contributed by atoms with Crippen molar-refractivity contribution in [2.24, 2.45) is 0 Å². The molecular formula is C20H24LiNO4. The van der Waals surface area contributed by atoms with E-state index in [4.69, 9.17) is 9.47 Å². The van der Waals surface area contributed by atoms with Crippen molar-refractivity contribution in [3.8, 4) is 0 Å². The van der Waals surface area contributed by atoms with Gasteiger partial charge in [-0.25, -0.2) is 0 Å². The first-order chi connectivity index (χ1) is 11.9. The van der Waals surface area contributed by atoms with Crippen LogP contribution in [0.3, 0.4) is 0 Å². The van der Waals surface area contributed by atoms with E-state index in [0.29, 0.717) is 44.5 Å². The van der Waals surface area contributed by atoms with Crippen molar-refractivity contribution in [3.63, 3.8) is 0 Å². The van der Waals surface area contributed by atoms with Crippen LogP contribution in [0.25, 0.3) is 5.57 Å². The number of carbonyl (C=O) groups is 1. The summed E-state index contributed by atoms with van der Waals surface area (Å²) in [6.07, 6.45) is 2.40. The summed E-state index contributed by atoms with van der Waals surface area (Å²) < 4.78 is 11.5. The molecule has 5 nitrogen and oxygen atoms in total. The van der Waals surface area contributed by atoms with Gasteiger partial charge in [0.15, 0.2) is 5.79 Å². The van der Waals surface area contributed by atoms with Crippen molar-refractivity contribution in [3.05, 3.63) is 40.1 Å². The zero-order chi connectivity index (χ0) is 17.8. The Kier molecular flexibility index (Phi) is 5.05. The van der Waals surface area contributed by atoms with Crippen LogP contribution in [0, 0.1) is 20.8 Å². The van der Waals surface area contributed by atoms with Gasteiger partial charge in [0, 0.05) is 18.4 Å². The summed E-state index contributed by atoms with van der Waals surface area (Å²) >= 11 is 0. The molecule has 0 unspecified atom stereocenters. The number of benzene rings is 1. The molecule has 2 aliphatic heterocycles. The summed E-state index contributed by atoms with van der Waals surface area (Å²) in [6.45, 7) is 7.15. The van der Waals surface area contributed by atoms with Crippen LogP contribution in [0.15, 0.2) is 17.9 Å². The first kappa shape index (κ1) is 19.5. The van der Waals surface area contributed by atoms with Crippen molar-refractivity contribution in [2.45, 2.75) is 57.8 Å². The molecule has 2 spiro atoms. The standard InChI is InChI=1S/C20H25NO4.Li/c1-12-10-13(2)15(14(3)11-12)16-17(22)19(21-18(16)23)4-6-20(7-5-19)24-8-9-25-20;/h10-11,22H,4-9H2,1-3H3,(H,21,23);/q;+1/p-1. The number of carbonyl (C=O) groups excluding carboxylic acids is 1. The summed E-state index contributed by atoms with van der Waals surface area (Å²) in [5.41, 5.74) is 3.40. The van der Waals surface area contributed by atoms with Crippen LogP contribution in [0.1, 0.15) is 47.9 Å². The van der Waals surface area contributed by atoms with E-state index in [2.05, 4.69) is 5.32 Å². The molecule has 2 fully saturated rings. The Bertz CT molecular complexity index is 747. The molecule has 4 rings (SSSR count). The molecule has 1 aliphatic carbocycles. The van der Waals surface area contributed by atoms with Gasteiger partial charge in [-0.1, -0.05) is 23.5 Å². The number of hydrogen-bond donors (Lipinski definition) is 1. The first-order valence-corrected chi connectivity index (χ1v) is 8.96. The van der Waals surface area contributed by atoms with E-state index < -0.39 is 11.3 Å². The van der Waals surface area contributed by atoms with Gasteiger partial charge in [-0.2, -0.15) is 0 Å². The second-order valence-corrected chi connectivity index (χ2v) is 7.62. The fourth-order valence-electron chi connectivity index (χ4n) is 4.68. The Morgan fingerprint density at radius 3 is 2.08 bits per heavy atom. The molecule has 1 N–H and O–H groups in total. The maximum atomic E-state index is 13.3. The molecule has 1 saturated heterocycles. The Morgan fingerprint density at radius 1 is 1.00 bits per heavy atom. The summed E-state index contributed by atoms with van der Waals surface area (Å²) in [4.78, 5) is 12.7. The van der Waals surface area contributed by atoms with Crippen molar-refractivity contribution in [1.29, 1.82) is 0 Å². The number of rotatable bonds is 1. The van der Waals surface area contributed by atoms with Gasteiger partial charge in [-0.15, -0.1) is 0 Å². The summed E-state index contributed by atoms with van der Waals surface area (Å²) in [5.74, 6) is -0.862. The predicted molar refractivity (Wildman–Crippen MR) is 91.5 cm³/mol. The van der Waals surface area contributed by atoms with Crippen molar-refractivity contribution in [1.82, 2.24) is 5.32 Å². The van der Waals surface area contributed by atoms with Crippen molar-refractivity contribution >= 4 is 11.5 Å². The molecule has 134 valence electrons. The SMILES string of the molecule is Cc1cc(C)c(C2=C([O-])C3(CCC4(CC3)OCCO4)NC2=O)c(C)c1.[Li+]. The molecule has 1 saturated carbocycles. The minimum Gasteiger partial charge on any atom is -0.873 e. The Morgan fingerprint density at radius 2 is 1.54 bits per heavy atom. The fourth-order valence-corrected chi connectivity index (χ4v) is 4.68. The van der Waals surface area contributed by atoms with Gasteiger partial charge in [-0.3, -0.25) is 4.79 Å². The Labute approximate surface area is 166 Å². The van der Waals surface area contributed by atoms with Crippen LogP contribution in [0.4, 0.5) is 0 Å². The summed E-state index contributed by atoms with van der Waals surface area (Å²) in [5, 5.41) is 16.3. The third kappa shape index (κ3) is 2.92. The fraction of sp³-hybridized carbons (Fsp3) is 0.550. The van der Waals surface area contributed by atoms with Gasteiger partial charge >= 0.3 is 18.9 Å². The molecule has 26 heavy (non-hydrogen) atoms. The number of aryl methyl sites for hydroxylation is 3. The van der Waals surface area contributed by atoms with E-state index in [9.17, 15) is 9.90 Å². The third-order valence-electron chi connectivity index (χ3n) is 5.85. The van der Waals surface area contributed by atoms with Crippen LogP contribution in [0.2, 0.25) is 0 Å². The number of nitrogens with one attached hydrogen (secondary N) is 1. The van der Waals surface area contributed by atoms with Gasteiger partial charge in [0.1, 0.15) is 0 Å². The van der Waals surface area contributed by atoms with E-state index in [-0.39, 0.29) is 30.5 Å². The van der Waals surface area contributed by atoms with Crippen LogP contribution >= 0.6 is 0 Å². The largest absolute Gasteiger partial charge is 1.00 e. The quantitative estimate of drug-likeness (QED) is 0.652. The number of hydrogen-bond acceptors (Lipinski definition) is 4. The zero-order valence-corrected chi connectivity index (χ0v) is 16.0. The summed E-state index contributed by atoms with van der Waals surface area (Å²) in [6, 6.07) is 4.05. The Balaban J connectivity index is 0.00000196. The van der Waals surface area contributed by atoms with Crippen molar-refractivity contribution < 1.29 is 38.2 Å². The van der Waals surface area contributed by atoms with Gasteiger partial charge in [0.05, 0.1) is 18.8 Å². The molecule has 0 atom stereocenters. The second-order valence-electron chi connectivity index (χ2n) is 7.62. The predicted octanol–water partition coefficient (Wildman–Crippen LogP) is -1.13. The minimum absolute atomic E-state index is 0. The average Bonchev–Trinajstić information content (AvgIpc) is 3.09. The average molecular weight is 349 g/mol. The third-order valence-corrected chi connectivity index (χ3v) is 5.85. The van der Waals surface area contributed by atoms with Crippen LogP contribution in [-0.2, 0) is 14.3 Å². The second kappa shape index (κ2) is 6.72. The molecule has 6 heteroatoms. The maximum Gasteiger partial charge on any atom is 1.00 e. The van der Waals surface area contributed by atoms with Gasteiger partial charge in [0.2, 0.25) is 0 Å². The minimum atomic E-state index is -0.795. The van der Waals surface area contributed by atoms with Crippen LogP contribution < -0.4 is 29.3 Å². The van der Waals surface area contributed by atoms with Gasteiger partial charge < -0.3 is 19.9 Å². The van der Waals surface area contributed by atoms with E-state index >= 15 is 0 Å². The van der Waals surface area contributed by atoms with Crippen LogP contribution in [0.5, 0.6) is 0 Å². The molecule has 0 bridgehead atoms. The molecule has 0 radical (unpaired) electrons. The van der Waals surface area contributed by atoms with E-state index in [0.717, 1.165) is 22.3 Å². The van der Waals surface area contributed by atoms with E-state index in [1.54, 1.807) is 0 Å². The molecule has 3 aliphatic rings. The monoisotopic (exact) mass is 349 g/mol.